The molecule has 1 N–H and O–H groups in total. The van der Waals surface area contributed by atoms with E-state index in [0.717, 1.165) is 6.07 Å². The Morgan fingerprint density at radius 1 is 1.35 bits per heavy atom. The van der Waals surface area contributed by atoms with Crippen molar-refractivity contribution in [2.45, 2.75) is 25.6 Å². The monoisotopic (exact) mass is 385 g/mol. The summed E-state index contributed by atoms with van der Waals surface area (Å²) in [5, 5.41) is 3.73. The maximum atomic E-state index is 13.2. The van der Waals surface area contributed by atoms with Crippen LogP contribution in [-0.2, 0) is 15.8 Å². The number of hydrogen-bond donors (Lipinski definition) is 1. The molecule has 0 radical (unpaired) electrons. The van der Waals surface area contributed by atoms with E-state index in [0.29, 0.717) is 10.4 Å². The van der Waals surface area contributed by atoms with Crippen molar-refractivity contribution in [3.63, 3.8) is 0 Å². The number of alkyl halides is 3. The molecule has 1 amide bonds. The van der Waals surface area contributed by atoms with Crippen molar-refractivity contribution in [1.82, 2.24) is 9.88 Å². The van der Waals surface area contributed by atoms with E-state index in [1.54, 1.807) is 0 Å². The molecule has 1 aliphatic rings. The molecule has 0 unspecified atom stereocenters. The largest absolute Gasteiger partial charge is 0.433 e. The SMILES string of the molecule is CC(=O)N1CC(=O)C[C@@H](Nc2cc(C(F)(F)F)nc3ccc(Cl)cc23)C1. The second kappa shape index (κ2) is 6.75. The number of benzene rings is 1. The zero-order valence-corrected chi connectivity index (χ0v) is 14.5. The quantitative estimate of drug-likeness (QED) is 0.859. The van der Waals surface area contributed by atoms with Gasteiger partial charge in [-0.15, -0.1) is 0 Å². The Morgan fingerprint density at radius 2 is 2.08 bits per heavy atom. The summed E-state index contributed by atoms with van der Waals surface area (Å²) in [4.78, 5) is 28.4. The Morgan fingerprint density at radius 3 is 2.73 bits per heavy atom. The normalized spacial score (nSPS) is 18.3. The number of hydrogen-bond acceptors (Lipinski definition) is 4. The van der Waals surface area contributed by atoms with Crippen LogP contribution in [-0.4, -0.2) is 40.7 Å². The second-order valence-corrected chi connectivity index (χ2v) is 6.63. The van der Waals surface area contributed by atoms with Crippen LogP contribution in [0.25, 0.3) is 10.9 Å². The van der Waals surface area contributed by atoms with Crippen molar-refractivity contribution in [2.24, 2.45) is 0 Å². The average Bonchev–Trinajstić information content (AvgIpc) is 2.53. The van der Waals surface area contributed by atoms with E-state index in [1.165, 1.54) is 30.0 Å². The lowest BCUT2D eigenvalue weighted by atomic mass is 10.0. The molecule has 0 aliphatic carbocycles. The van der Waals surface area contributed by atoms with Crippen molar-refractivity contribution in [3.8, 4) is 0 Å². The molecule has 1 aromatic carbocycles. The maximum Gasteiger partial charge on any atom is 0.433 e. The lowest BCUT2D eigenvalue weighted by Crippen LogP contribution is -2.48. The first-order chi connectivity index (χ1) is 12.1. The molecule has 9 heteroatoms. The highest BCUT2D eigenvalue weighted by molar-refractivity contribution is 6.31. The van der Waals surface area contributed by atoms with Gasteiger partial charge < -0.3 is 10.2 Å². The molecule has 2 aromatic rings. The van der Waals surface area contributed by atoms with Gasteiger partial charge in [-0.1, -0.05) is 11.6 Å². The smallest absolute Gasteiger partial charge is 0.379 e. The minimum atomic E-state index is -4.61. The predicted molar refractivity (Wildman–Crippen MR) is 91.0 cm³/mol. The fraction of sp³-hybridized carbons (Fsp3) is 0.353. The molecule has 0 spiro atoms. The minimum absolute atomic E-state index is 0.0181. The average molecular weight is 386 g/mol. The summed E-state index contributed by atoms with van der Waals surface area (Å²) in [6.07, 6.45) is -4.49. The van der Waals surface area contributed by atoms with E-state index >= 15 is 0 Å². The molecule has 1 fully saturated rings. The Bertz CT molecular complexity index is 885. The van der Waals surface area contributed by atoms with E-state index in [9.17, 15) is 22.8 Å². The van der Waals surface area contributed by atoms with Gasteiger partial charge in [-0.25, -0.2) is 4.98 Å². The molecular weight excluding hydrogens is 371 g/mol. The van der Waals surface area contributed by atoms with Gasteiger partial charge in [0.15, 0.2) is 5.78 Å². The fourth-order valence-corrected chi connectivity index (χ4v) is 3.14. The standard InChI is InChI=1S/C17H15ClF3N3O2/c1-9(25)24-7-11(5-12(26)8-24)22-15-6-16(17(19,20)21)23-14-3-2-10(18)4-13(14)15/h2-4,6,11H,5,7-8H2,1H3,(H,22,23)/t11-/m1/s1. The molecule has 0 bridgehead atoms. The fourth-order valence-electron chi connectivity index (χ4n) is 2.97. The number of Topliss-reactive ketones (excluding diaryl/α,β-unsaturated/α-hetero) is 1. The van der Waals surface area contributed by atoms with Gasteiger partial charge in [0.2, 0.25) is 5.91 Å². The highest BCUT2D eigenvalue weighted by Crippen LogP contribution is 2.34. The number of anilines is 1. The number of likely N-dealkylation sites (tertiary alicyclic amines) is 1. The molecule has 0 saturated carbocycles. The number of pyridine rings is 1. The summed E-state index contributed by atoms with van der Waals surface area (Å²) < 4.78 is 39.5. The number of fused-ring (bicyclic) bond motifs is 1. The van der Waals surface area contributed by atoms with Crippen LogP contribution in [0.5, 0.6) is 0 Å². The van der Waals surface area contributed by atoms with Crippen molar-refractivity contribution in [1.29, 1.82) is 0 Å². The first-order valence-corrected chi connectivity index (χ1v) is 8.22. The molecule has 1 aliphatic heterocycles. The molecule has 26 heavy (non-hydrogen) atoms. The zero-order chi connectivity index (χ0) is 19.1. The number of carbonyl (C=O) groups excluding carboxylic acids is 2. The first-order valence-electron chi connectivity index (χ1n) is 7.85. The van der Waals surface area contributed by atoms with Gasteiger partial charge in [0.25, 0.3) is 0 Å². The summed E-state index contributed by atoms with van der Waals surface area (Å²) in [5.41, 5.74) is -0.731. The number of amides is 1. The molecule has 1 atom stereocenters. The Hall–Kier alpha value is -2.35. The van der Waals surface area contributed by atoms with Gasteiger partial charge in [-0.2, -0.15) is 13.2 Å². The third-order valence-corrected chi connectivity index (χ3v) is 4.38. The van der Waals surface area contributed by atoms with Gasteiger partial charge in [0.05, 0.1) is 18.1 Å². The van der Waals surface area contributed by atoms with E-state index in [4.69, 9.17) is 11.6 Å². The number of nitrogens with zero attached hydrogens (tertiary/aromatic N) is 2. The number of aromatic nitrogens is 1. The van der Waals surface area contributed by atoms with Crippen LogP contribution >= 0.6 is 11.6 Å². The summed E-state index contributed by atoms with van der Waals surface area (Å²) in [7, 11) is 0. The number of ketones is 1. The Balaban J connectivity index is 2.01. The lowest BCUT2D eigenvalue weighted by Gasteiger charge is -2.32. The van der Waals surface area contributed by atoms with Crippen molar-refractivity contribution in [2.75, 3.05) is 18.4 Å². The van der Waals surface area contributed by atoms with Crippen LogP contribution in [0.3, 0.4) is 0 Å². The van der Waals surface area contributed by atoms with E-state index in [-0.39, 0.29) is 42.4 Å². The first kappa shape index (κ1) is 18.4. The molecule has 1 saturated heterocycles. The zero-order valence-electron chi connectivity index (χ0n) is 13.7. The van der Waals surface area contributed by atoms with E-state index in [2.05, 4.69) is 10.3 Å². The van der Waals surface area contributed by atoms with Gasteiger partial charge in [-0.05, 0) is 24.3 Å². The van der Waals surface area contributed by atoms with Crippen molar-refractivity contribution >= 4 is 39.9 Å². The van der Waals surface area contributed by atoms with Gasteiger partial charge in [0, 0.05) is 36.0 Å². The molecule has 3 rings (SSSR count). The van der Waals surface area contributed by atoms with Crippen LogP contribution in [0.1, 0.15) is 19.0 Å². The number of nitrogens with one attached hydrogen (secondary N) is 1. The summed E-state index contributed by atoms with van der Waals surface area (Å²) in [5.74, 6) is -0.417. The minimum Gasteiger partial charge on any atom is -0.379 e. The highest BCUT2D eigenvalue weighted by Gasteiger charge is 2.34. The summed E-state index contributed by atoms with van der Waals surface area (Å²) in [6.45, 7) is 1.59. The molecule has 1 aromatic heterocycles. The maximum absolute atomic E-state index is 13.2. The number of carbonyl (C=O) groups is 2. The van der Waals surface area contributed by atoms with Crippen LogP contribution in [0.2, 0.25) is 5.02 Å². The number of rotatable bonds is 2. The highest BCUT2D eigenvalue weighted by atomic mass is 35.5. The van der Waals surface area contributed by atoms with E-state index in [1.807, 2.05) is 0 Å². The topological polar surface area (TPSA) is 62.3 Å². The molecule has 2 heterocycles. The van der Waals surface area contributed by atoms with E-state index < -0.39 is 17.9 Å². The van der Waals surface area contributed by atoms with Crippen molar-refractivity contribution < 1.29 is 22.8 Å². The van der Waals surface area contributed by atoms with Crippen LogP contribution in [0.15, 0.2) is 24.3 Å². The number of halogens is 4. The summed E-state index contributed by atoms with van der Waals surface area (Å²) >= 11 is 5.97. The van der Waals surface area contributed by atoms with Crippen molar-refractivity contribution in [3.05, 3.63) is 35.0 Å². The number of piperidine rings is 1. The van der Waals surface area contributed by atoms with Gasteiger partial charge in [-0.3, -0.25) is 9.59 Å². The Labute approximate surface area is 152 Å². The summed E-state index contributed by atoms with van der Waals surface area (Å²) in [6, 6.07) is 4.79. The van der Waals surface area contributed by atoms with Gasteiger partial charge in [0.1, 0.15) is 5.69 Å². The molecular formula is C17H15ClF3N3O2. The molecule has 138 valence electrons. The van der Waals surface area contributed by atoms with Crippen LogP contribution in [0, 0.1) is 0 Å². The second-order valence-electron chi connectivity index (χ2n) is 6.20. The predicted octanol–water partition coefficient (Wildman–Crippen LogP) is 3.51. The molecule has 5 nitrogen and oxygen atoms in total. The third-order valence-electron chi connectivity index (χ3n) is 4.15. The lowest BCUT2D eigenvalue weighted by molar-refractivity contribution is -0.140. The third kappa shape index (κ3) is 3.90. The van der Waals surface area contributed by atoms with Crippen LogP contribution in [0.4, 0.5) is 18.9 Å². The van der Waals surface area contributed by atoms with Crippen LogP contribution < -0.4 is 5.32 Å². The Kier molecular flexibility index (Phi) is 4.79. The van der Waals surface area contributed by atoms with Gasteiger partial charge >= 0.3 is 6.18 Å².